The van der Waals surface area contributed by atoms with Crippen LogP contribution in [0.15, 0.2) is 18.2 Å². The van der Waals surface area contributed by atoms with Crippen molar-refractivity contribution in [3.05, 3.63) is 35.4 Å². The third kappa shape index (κ3) is 3.23. The molecule has 1 aromatic rings. The van der Waals surface area contributed by atoms with E-state index in [0.29, 0.717) is 18.7 Å². The second-order valence-electron chi connectivity index (χ2n) is 6.48. The van der Waals surface area contributed by atoms with Crippen molar-refractivity contribution in [2.24, 2.45) is 5.92 Å². The molecule has 2 rings (SSSR count). The van der Waals surface area contributed by atoms with Crippen LogP contribution in [0.1, 0.15) is 32.3 Å². The first-order chi connectivity index (χ1) is 9.74. The summed E-state index contributed by atoms with van der Waals surface area (Å²) in [7, 11) is 1.33. The summed E-state index contributed by atoms with van der Waals surface area (Å²) in [4.78, 5) is 14.1. The third-order valence-corrected chi connectivity index (χ3v) is 4.13. The lowest BCUT2D eigenvalue weighted by atomic mass is 9.88. The minimum atomic E-state index is -0.614. The summed E-state index contributed by atoms with van der Waals surface area (Å²) in [6.07, 6.45) is 0. The van der Waals surface area contributed by atoms with Gasteiger partial charge in [0.05, 0.1) is 13.0 Å². The number of rotatable bonds is 2. The van der Waals surface area contributed by atoms with Gasteiger partial charge in [0.2, 0.25) is 0 Å². The van der Waals surface area contributed by atoms with Crippen molar-refractivity contribution in [3.8, 4) is 0 Å². The van der Waals surface area contributed by atoms with Crippen LogP contribution in [0.2, 0.25) is 0 Å². The highest BCUT2D eigenvalue weighted by atomic mass is 19.1. The zero-order chi connectivity index (χ0) is 15.8. The average molecular weight is 297 g/mol. The Morgan fingerprint density at radius 3 is 2.48 bits per heavy atom. The smallest absolute Gasteiger partial charge is 0.310 e. The fraction of sp³-hybridized carbons (Fsp3) is 0.562. The highest BCUT2D eigenvalue weighted by molar-refractivity contribution is 5.74. The molecule has 0 spiro atoms. The van der Waals surface area contributed by atoms with Crippen molar-refractivity contribution in [2.75, 3.05) is 20.2 Å². The molecule has 1 heterocycles. The van der Waals surface area contributed by atoms with Crippen LogP contribution >= 0.6 is 0 Å². The Morgan fingerprint density at radius 2 is 1.95 bits per heavy atom. The number of methoxy groups -OCH3 is 1. The molecule has 5 heteroatoms. The lowest BCUT2D eigenvalue weighted by molar-refractivity contribution is -0.145. The second kappa shape index (κ2) is 5.72. The van der Waals surface area contributed by atoms with Gasteiger partial charge in [0.15, 0.2) is 0 Å². The molecule has 1 unspecified atom stereocenters. The molecule has 1 saturated heterocycles. The molecule has 0 aromatic heterocycles. The predicted molar refractivity (Wildman–Crippen MR) is 75.9 cm³/mol. The van der Waals surface area contributed by atoms with Gasteiger partial charge in [-0.3, -0.25) is 9.69 Å². The van der Waals surface area contributed by atoms with Gasteiger partial charge in [-0.25, -0.2) is 8.78 Å². The van der Waals surface area contributed by atoms with Crippen LogP contribution < -0.4 is 0 Å². The molecule has 0 N–H and O–H groups in total. The van der Waals surface area contributed by atoms with Crippen molar-refractivity contribution in [1.29, 1.82) is 0 Å². The molecule has 21 heavy (non-hydrogen) atoms. The van der Waals surface area contributed by atoms with Crippen molar-refractivity contribution in [1.82, 2.24) is 4.90 Å². The molecule has 0 radical (unpaired) electrons. The van der Waals surface area contributed by atoms with Crippen molar-refractivity contribution in [3.63, 3.8) is 0 Å². The van der Waals surface area contributed by atoms with Crippen LogP contribution in [-0.2, 0) is 9.53 Å². The normalized spacial score (nSPS) is 23.3. The Labute approximate surface area is 123 Å². The highest BCUT2D eigenvalue weighted by Crippen LogP contribution is 2.37. The number of nitrogens with zero attached hydrogens (tertiary/aromatic N) is 1. The van der Waals surface area contributed by atoms with Crippen molar-refractivity contribution in [2.45, 2.75) is 32.2 Å². The fourth-order valence-corrected chi connectivity index (χ4v) is 2.86. The Kier molecular flexibility index (Phi) is 4.33. The molecule has 1 aliphatic rings. The van der Waals surface area contributed by atoms with E-state index in [1.807, 2.05) is 20.8 Å². The van der Waals surface area contributed by atoms with Gasteiger partial charge in [-0.2, -0.15) is 0 Å². The van der Waals surface area contributed by atoms with Gasteiger partial charge in [0, 0.05) is 30.6 Å². The largest absolute Gasteiger partial charge is 0.469 e. The molecule has 0 bridgehead atoms. The van der Waals surface area contributed by atoms with Crippen LogP contribution in [0, 0.1) is 17.6 Å². The Bertz CT molecular complexity index is 540. The molecule has 1 aliphatic heterocycles. The molecule has 2 atom stereocenters. The molecule has 3 nitrogen and oxygen atoms in total. The number of hydrogen-bond acceptors (Lipinski definition) is 3. The number of benzene rings is 1. The van der Waals surface area contributed by atoms with Crippen molar-refractivity contribution >= 4 is 5.97 Å². The fourth-order valence-electron chi connectivity index (χ4n) is 2.86. The van der Waals surface area contributed by atoms with E-state index < -0.39 is 17.6 Å². The minimum absolute atomic E-state index is 0.127. The van der Waals surface area contributed by atoms with Crippen LogP contribution in [0.25, 0.3) is 0 Å². The lowest BCUT2D eigenvalue weighted by Gasteiger charge is -2.31. The number of halogens is 2. The van der Waals surface area contributed by atoms with Gasteiger partial charge in [-0.15, -0.1) is 0 Å². The molecule has 116 valence electrons. The van der Waals surface area contributed by atoms with E-state index in [1.165, 1.54) is 19.2 Å². The summed E-state index contributed by atoms with van der Waals surface area (Å²) in [5.74, 6) is -2.33. The first kappa shape index (κ1) is 15.9. The van der Waals surface area contributed by atoms with Gasteiger partial charge >= 0.3 is 5.97 Å². The second-order valence-corrected chi connectivity index (χ2v) is 6.48. The molecule has 0 saturated carbocycles. The molecule has 0 aliphatic carbocycles. The van der Waals surface area contributed by atoms with Crippen LogP contribution in [0.5, 0.6) is 0 Å². The number of carbonyl (C=O) groups is 1. The summed E-state index contributed by atoms with van der Waals surface area (Å²) in [6, 6.07) is 3.52. The monoisotopic (exact) mass is 297 g/mol. The standard InChI is InChI=1S/C16H21F2NO2/c1-16(2,3)19-8-12(13(9-19)15(20)21-4)11-6-5-10(17)7-14(11)18/h5-7,12-13H,8-9H2,1-4H3/t12?,13-/m1/s1. The van der Waals surface area contributed by atoms with E-state index in [2.05, 4.69) is 4.90 Å². The number of esters is 1. The highest BCUT2D eigenvalue weighted by Gasteiger charge is 2.43. The summed E-state index contributed by atoms with van der Waals surface area (Å²) < 4.78 is 32.0. The van der Waals surface area contributed by atoms with Gasteiger partial charge in [0.25, 0.3) is 0 Å². The van der Waals surface area contributed by atoms with E-state index in [0.717, 1.165) is 6.07 Å². The van der Waals surface area contributed by atoms with Crippen molar-refractivity contribution < 1.29 is 18.3 Å². The topological polar surface area (TPSA) is 29.5 Å². The summed E-state index contributed by atoms with van der Waals surface area (Å²) in [6.45, 7) is 7.20. The van der Waals surface area contributed by atoms with E-state index in [-0.39, 0.29) is 17.4 Å². The van der Waals surface area contributed by atoms with Gasteiger partial charge in [-0.1, -0.05) is 6.07 Å². The lowest BCUT2D eigenvalue weighted by Crippen LogP contribution is -2.40. The van der Waals surface area contributed by atoms with E-state index in [1.54, 1.807) is 0 Å². The summed E-state index contributed by atoms with van der Waals surface area (Å²) in [5, 5.41) is 0. The number of ether oxygens (including phenoxy) is 1. The molecule has 1 aromatic carbocycles. The average Bonchev–Trinajstić information content (AvgIpc) is 2.82. The SMILES string of the molecule is COC(=O)[C@@H]1CN(C(C)(C)C)CC1c1ccc(F)cc1F. The van der Waals surface area contributed by atoms with E-state index in [9.17, 15) is 13.6 Å². The Balaban J connectivity index is 2.36. The maximum Gasteiger partial charge on any atom is 0.310 e. The molecule has 0 amide bonds. The number of likely N-dealkylation sites (tertiary alicyclic amines) is 1. The maximum atomic E-state index is 14.1. The summed E-state index contributed by atoms with van der Waals surface area (Å²) >= 11 is 0. The predicted octanol–water partition coefficient (Wildman–Crippen LogP) is 2.95. The number of hydrogen-bond donors (Lipinski definition) is 0. The first-order valence-corrected chi connectivity index (χ1v) is 7.02. The van der Waals surface area contributed by atoms with E-state index >= 15 is 0 Å². The van der Waals surface area contributed by atoms with Crippen LogP contribution in [0.3, 0.4) is 0 Å². The maximum absolute atomic E-state index is 14.1. The van der Waals surface area contributed by atoms with Crippen LogP contribution in [-0.4, -0.2) is 36.6 Å². The Morgan fingerprint density at radius 1 is 1.29 bits per heavy atom. The first-order valence-electron chi connectivity index (χ1n) is 7.02. The van der Waals surface area contributed by atoms with Crippen LogP contribution in [0.4, 0.5) is 8.78 Å². The molecular weight excluding hydrogens is 276 g/mol. The van der Waals surface area contributed by atoms with Gasteiger partial charge in [0.1, 0.15) is 11.6 Å². The van der Waals surface area contributed by atoms with Gasteiger partial charge < -0.3 is 4.74 Å². The quantitative estimate of drug-likeness (QED) is 0.786. The Hall–Kier alpha value is -1.49. The zero-order valence-electron chi connectivity index (χ0n) is 12.8. The molecular formula is C16H21F2NO2. The van der Waals surface area contributed by atoms with Gasteiger partial charge in [-0.05, 0) is 32.4 Å². The zero-order valence-corrected chi connectivity index (χ0v) is 12.8. The summed E-state index contributed by atoms with van der Waals surface area (Å²) in [5.41, 5.74) is 0.246. The minimum Gasteiger partial charge on any atom is -0.469 e. The molecule has 1 fully saturated rings. The van der Waals surface area contributed by atoms with E-state index in [4.69, 9.17) is 4.74 Å². The number of carbonyl (C=O) groups excluding carboxylic acids is 1. The third-order valence-electron chi connectivity index (χ3n) is 4.13.